The van der Waals surface area contributed by atoms with Gasteiger partial charge in [0, 0.05) is 19.0 Å². The van der Waals surface area contributed by atoms with Crippen molar-refractivity contribution in [2.45, 2.75) is 18.2 Å². The van der Waals surface area contributed by atoms with Crippen LogP contribution >= 0.6 is 0 Å². The first-order valence-electron chi connectivity index (χ1n) is 7.96. The molecule has 0 bridgehead atoms. The largest absolute Gasteiger partial charge is 0.304 e. The number of aromatic nitrogens is 5. The molecule has 0 fully saturated rings. The Hall–Kier alpha value is -2.65. The van der Waals surface area contributed by atoms with Crippen molar-refractivity contribution in [3.8, 4) is 5.82 Å². The summed E-state index contributed by atoms with van der Waals surface area (Å²) in [6.45, 7) is 4.68. The SMILES string of the molecule is C=CCn1c(=O)c2cnc(S(C)=O)nc2n1-c1cccc(CN(C)C)n1. The second kappa shape index (κ2) is 7.30. The van der Waals surface area contributed by atoms with Gasteiger partial charge in [0.15, 0.2) is 11.5 Å². The summed E-state index contributed by atoms with van der Waals surface area (Å²) in [5.41, 5.74) is 1.00. The molecule has 136 valence electrons. The molecule has 0 spiro atoms. The number of fused-ring (bicyclic) bond motifs is 1. The zero-order valence-electron chi connectivity index (χ0n) is 14.9. The Morgan fingerprint density at radius 3 is 2.73 bits per heavy atom. The van der Waals surface area contributed by atoms with E-state index in [2.05, 4.69) is 21.5 Å². The van der Waals surface area contributed by atoms with Gasteiger partial charge in [-0.25, -0.2) is 24.3 Å². The monoisotopic (exact) mass is 372 g/mol. The summed E-state index contributed by atoms with van der Waals surface area (Å²) in [5, 5.41) is 0.521. The van der Waals surface area contributed by atoms with Crippen molar-refractivity contribution in [1.29, 1.82) is 0 Å². The van der Waals surface area contributed by atoms with Crippen LogP contribution in [0.1, 0.15) is 5.69 Å². The molecule has 3 aromatic rings. The van der Waals surface area contributed by atoms with Crippen molar-refractivity contribution in [1.82, 2.24) is 29.2 Å². The van der Waals surface area contributed by atoms with E-state index in [1.54, 1.807) is 10.8 Å². The number of nitrogens with zero attached hydrogens (tertiary/aromatic N) is 6. The lowest BCUT2D eigenvalue weighted by molar-refractivity contribution is 0.396. The minimum Gasteiger partial charge on any atom is -0.304 e. The van der Waals surface area contributed by atoms with Crippen molar-refractivity contribution in [2.75, 3.05) is 20.4 Å². The number of rotatable bonds is 6. The predicted octanol–water partition coefficient (Wildman–Crippen LogP) is 0.962. The van der Waals surface area contributed by atoms with E-state index in [-0.39, 0.29) is 10.7 Å². The van der Waals surface area contributed by atoms with E-state index in [1.165, 1.54) is 17.1 Å². The smallest absolute Gasteiger partial charge is 0.278 e. The Morgan fingerprint density at radius 1 is 1.31 bits per heavy atom. The van der Waals surface area contributed by atoms with Gasteiger partial charge in [-0.3, -0.25) is 9.00 Å². The second-order valence-electron chi connectivity index (χ2n) is 6.06. The minimum atomic E-state index is -1.36. The van der Waals surface area contributed by atoms with Gasteiger partial charge in [-0.15, -0.1) is 6.58 Å². The Morgan fingerprint density at radius 2 is 2.08 bits per heavy atom. The lowest BCUT2D eigenvalue weighted by Gasteiger charge is -2.13. The fourth-order valence-electron chi connectivity index (χ4n) is 2.67. The lowest BCUT2D eigenvalue weighted by atomic mass is 10.3. The van der Waals surface area contributed by atoms with Gasteiger partial charge in [-0.1, -0.05) is 12.1 Å². The third-order valence-corrected chi connectivity index (χ3v) is 4.41. The Balaban J connectivity index is 2.30. The van der Waals surface area contributed by atoms with Gasteiger partial charge in [0.25, 0.3) is 5.56 Å². The van der Waals surface area contributed by atoms with Crippen LogP contribution in [0.5, 0.6) is 0 Å². The van der Waals surface area contributed by atoms with E-state index < -0.39 is 10.8 Å². The van der Waals surface area contributed by atoms with Crippen LogP contribution in [0.2, 0.25) is 0 Å². The summed E-state index contributed by atoms with van der Waals surface area (Å²) in [5.74, 6) is 0.560. The summed E-state index contributed by atoms with van der Waals surface area (Å²) in [6.07, 6.45) is 4.55. The molecule has 0 N–H and O–H groups in total. The molecule has 1 unspecified atom stereocenters. The van der Waals surface area contributed by atoms with Crippen LogP contribution in [0.3, 0.4) is 0 Å². The van der Waals surface area contributed by atoms with Gasteiger partial charge in [0.05, 0.1) is 23.0 Å². The van der Waals surface area contributed by atoms with Crippen LogP contribution in [0, 0.1) is 0 Å². The molecule has 26 heavy (non-hydrogen) atoms. The molecule has 0 aromatic carbocycles. The number of allylic oxidation sites excluding steroid dienone is 1. The lowest BCUT2D eigenvalue weighted by Crippen LogP contribution is -2.22. The first-order chi connectivity index (χ1) is 12.4. The third-order valence-electron chi connectivity index (χ3n) is 3.70. The minimum absolute atomic E-state index is 0.173. The number of hydrogen-bond acceptors (Lipinski definition) is 6. The Bertz CT molecular complexity index is 1050. The van der Waals surface area contributed by atoms with Crippen molar-refractivity contribution >= 4 is 21.8 Å². The van der Waals surface area contributed by atoms with E-state index in [0.29, 0.717) is 29.9 Å². The van der Waals surface area contributed by atoms with E-state index in [4.69, 9.17) is 0 Å². The van der Waals surface area contributed by atoms with Crippen molar-refractivity contribution < 1.29 is 4.21 Å². The molecule has 9 heteroatoms. The van der Waals surface area contributed by atoms with E-state index in [1.807, 2.05) is 37.2 Å². The molecular weight excluding hydrogens is 352 g/mol. The average Bonchev–Trinajstić information content (AvgIpc) is 2.87. The van der Waals surface area contributed by atoms with Crippen LogP contribution in [-0.4, -0.2) is 53.8 Å². The summed E-state index contributed by atoms with van der Waals surface area (Å²) in [6, 6.07) is 5.62. The highest BCUT2D eigenvalue weighted by Crippen LogP contribution is 2.16. The fourth-order valence-corrected chi connectivity index (χ4v) is 3.08. The molecule has 0 amide bonds. The first-order valence-corrected chi connectivity index (χ1v) is 9.52. The van der Waals surface area contributed by atoms with E-state index in [9.17, 15) is 9.00 Å². The van der Waals surface area contributed by atoms with Gasteiger partial charge in [0.2, 0.25) is 5.16 Å². The van der Waals surface area contributed by atoms with Crippen LogP contribution in [0.25, 0.3) is 16.9 Å². The van der Waals surface area contributed by atoms with Crippen molar-refractivity contribution in [3.05, 3.63) is 53.1 Å². The molecule has 0 radical (unpaired) electrons. The average molecular weight is 372 g/mol. The van der Waals surface area contributed by atoms with E-state index in [0.717, 1.165) is 5.69 Å². The van der Waals surface area contributed by atoms with Gasteiger partial charge >= 0.3 is 0 Å². The summed E-state index contributed by atoms with van der Waals surface area (Å²) < 4.78 is 14.9. The van der Waals surface area contributed by atoms with E-state index >= 15 is 0 Å². The quantitative estimate of drug-likeness (QED) is 0.473. The van der Waals surface area contributed by atoms with Crippen LogP contribution in [0.4, 0.5) is 0 Å². The molecule has 0 aliphatic rings. The molecule has 3 rings (SSSR count). The predicted molar refractivity (Wildman–Crippen MR) is 101 cm³/mol. The van der Waals surface area contributed by atoms with Gasteiger partial charge < -0.3 is 4.90 Å². The highest BCUT2D eigenvalue weighted by atomic mass is 32.2. The topological polar surface area (TPSA) is 85.9 Å². The maximum Gasteiger partial charge on any atom is 0.278 e. The summed E-state index contributed by atoms with van der Waals surface area (Å²) in [4.78, 5) is 27.8. The highest BCUT2D eigenvalue weighted by Gasteiger charge is 2.18. The Labute approximate surface area is 153 Å². The van der Waals surface area contributed by atoms with Crippen LogP contribution in [-0.2, 0) is 23.9 Å². The van der Waals surface area contributed by atoms with Gasteiger partial charge in [-0.05, 0) is 26.2 Å². The zero-order chi connectivity index (χ0) is 18.8. The Kier molecular flexibility index (Phi) is 5.10. The maximum absolute atomic E-state index is 12.8. The standard InChI is InChI=1S/C17H20N6O2S/c1-5-9-22-16(24)13-10-18-17(26(4)25)20-15(13)23(22)14-8-6-7-12(19-14)11-21(2)3/h5-8,10H,1,9,11H2,2-4H3. The number of hydrogen-bond donors (Lipinski definition) is 0. The maximum atomic E-state index is 12.8. The third kappa shape index (κ3) is 3.35. The normalized spacial score (nSPS) is 12.6. The molecule has 1 atom stereocenters. The molecular formula is C17H20N6O2S. The van der Waals surface area contributed by atoms with Gasteiger partial charge in [-0.2, -0.15) is 0 Å². The van der Waals surface area contributed by atoms with Crippen LogP contribution < -0.4 is 5.56 Å². The second-order valence-corrected chi connectivity index (χ2v) is 7.33. The van der Waals surface area contributed by atoms with Gasteiger partial charge in [0.1, 0.15) is 5.39 Å². The highest BCUT2D eigenvalue weighted by molar-refractivity contribution is 7.84. The van der Waals surface area contributed by atoms with Crippen LogP contribution in [0.15, 0.2) is 47.0 Å². The number of pyridine rings is 1. The van der Waals surface area contributed by atoms with Crippen molar-refractivity contribution in [2.24, 2.45) is 0 Å². The fraction of sp³-hybridized carbons (Fsp3) is 0.294. The molecule has 8 nitrogen and oxygen atoms in total. The molecule has 0 saturated carbocycles. The molecule has 0 saturated heterocycles. The zero-order valence-corrected chi connectivity index (χ0v) is 15.7. The molecule has 3 aromatic heterocycles. The van der Waals surface area contributed by atoms with Crippen molar-refractivity contribution in [3.63, 3.8) is 0 Å². The molecule has 3 heterocycles. The summed E-state index contributed by atoms with van der Waals surface area (Å²) >= 11 is 0. The molecule has 0 aliphatic carbocycles. The summed E-state index contributed by atoms with van der Waals surface area (Å²) in [7, 11) is 2.57. The first kappa shape index (κ1) is 18.2. The molecule has 0 aliphatic heterocycles.